The molecule has 1 aliphatic rings. The lowest BCUT2D eigenvalue weighted by Crippen LogP contribution is -2.17. The quantitative estimate of drug-likeness (QED) is 0.321. The molecule has 1 aliphatic heterocycles. The van der Waals surface area contributed by atoms with Gasteiger partial charge in [0.1, 0.15) is 11.0 Å². The van der Waals surface area contributed by atoms with Crippen molar-refractivity contribution in [1.82, 2.24) is 10.1 Å². The van der Waals surface area contributed by atoms with Crippen LogP contribution in [0.1, 0.15) is 0 Å². The minimum Gasteiger partial charge on any atom is -0.253 e. The molecular formula is C4H5N3O2+. The van der Waals surface area contributed by atoms with E-state index < -0.39 is 4.92 Å². The molecule has 0 aromatic carbocycles. The highest BCUT2D eigenvalue weighted by Crippen LogP contribution is 1.89. The third kappa shape index (κ3) is 1.04. The van der Waals surface area contributed by atoms with Gasteiger partial charge < -0.3 is 0 Å². The largest absolute Gasteiger partial charge is 0.596 e. The molecular weight excluding hydrogens is 122 g/mol. The molecule has 0 saturated heterocycles. The molecule has 0 N–H and O–H groups in total. The number of hydrogen-bond donors (Lipinski definition) is 0. The summed E-state index contributed by atoms with van der Waals surface area (Å²) in [4.78, 5) is 9.42. The lowest BCUT2D eigenvalue weighted by molar-refractivity contribution is -0.349. The first-order valence-corrected chi connectivity index (χ1v) is 2.34. The summed E-state index contributed by atoms with van der Waals surface area (Å²) in [6.07, 6.45) is 2.87. The minimum absolute atomic E-state index is 0.113. The predicted octanol–water partition coefficient (Wildman–Crippen LogP) is -0.629. The first-order chi connectivity index (χ1) is 4.20. The Kier molecular flexibility index (Phi) is 1.18. The van der Waals surface area contributed by atoms with Gasteiger partial charge in [-0.2, -0.15) is 0 Å². The maximum atomic E-state index is 9.94. The van der Waals surface area contributed by atoms with Crippen LogP contribution in [0.25, 0.3) is 0 Å². The van der Waals surface area contributed by atoms with Crippen LogP contribution in [-0.2, 0) is 0 Å². The third-order valence-corrected chi connectivity index (χ3v) is 0.887. The van der Waals surface area contributed by atoms with Gasteiger partial charge in [0.15, 0.2) is 0 Å². The standard InChI is InChI=1S/C4H5N3O2/c1-6-3-2-4(5-6)7(8)9/h2-3H,1H3/q+1. The zero-order valence-corrected chi connectivity index (χ0v) is 4.81. The topological polar surface area (TPSA) is 60.5 Å². The van der Waals surface area contributed by atoms with Crippen molar-refractivity contribution in [3.05, 3.63) is 22.4 Å². The normalized spacial score (nSPS) is 16.1. The van der Waals surface area contributed by atoms with E-state index >= 15 is 0 Å². The summed E-state index contributed by atoms with van der Waals surface area (Å²) in [7, 11) is 1.63. The summed E-state index contributed by atoms with van der Waals surface area (Å²) in [5.74, 6) is -0.113. The number of hydrogen-bond acceptors (Lipinski definition) is 4. The Bertz CT molecular complexity index is 196. The summed E-state index contributed by atoms with van der Waals surface area (Å²) in [6, 6.07) is 0. The summed E-state index contributed by atoms with van der Waals surface area (Å²) in [5.41, 5.74) is 0. The summed E-state index contributed by atoms with van der Waals surface area (Å²) in [6.45, 7) is 0. The van der Waals surface area contributed by atoms with Crippen LogP contribution in [0.15, 0.2) is 12.3 Å². The van der Waals surface area contributed by atoms with Gasteiger partial charge in [-0.3, -0.25) is 10.1 Å². The number of nitro groups is 1. The number of rotatable bonds is 0. The Balaban J connectivity index is 2.75. The molecule has 0 bridgehead atoms. The van der Waals surface area contributed by atoms with Gasteiger partial charge in [0.2, 0.25) is 0 Å². The molecule has 1 radical (unpaired) electrons. The van der Waals surface area contributed by atoms with Gasteiger partial charge in [0.25, 0.3) is 5.10 Å². The van der Waals surface area contributed by atoms with Crippen molar-refractivity contribution in [1.29, 1.82) is 0 Å². The monoisotopic (exact) mass is 127 g/mol. The highest BCUT2D eigenvalue weighted by Gasteiger charge is 2.29. The molecule has 47 valence electrons. The van der Waals surface area contributed by atoms with Crippen molar-refractivity contribution in [2.45, 2.75) is 0 Å². The number of nitrogens with zero attached hydrogens (tertiary/aromatic N) is 3. The Morgan fingerprint density at radius 3 is 2.78 bits per heavy atom. The average Bonchev–Trinajstić information content (AvgIpc) is 2.14. The van der Waals surface area contributed by atoms with Crippen molar-refractivity contribution in [3.63, 3.8) is 0 Å². The van der Waals surface area contributed by atoms with E-state index in [4.69, 9.17) is 0 Å². The molecule has 0 atom stereocenters. The van der Waals surface area contributed by atoms with Crippen molar-refractivity contribution < 1.29 is 4.92 Å². The second kappa shape index (κ2) is 1.85. The smallest absolute Gasteiger partial charge is 0.253 e. The van der Waals surface area contributed by atoms with E-state index in [1.54, 1.807) is 7.05 Å². The summed E-state index contributed by atoms with van der Waals surface area (Å²) >= 11 is 0. The maximum Gasteiger partial charge on any atom is 0.596 e. The van der Waals surface area contributed by atoms with Crippen molar-refractivity contribution in [2.24, 2.45) is 0 Å². The fourth-order valence-electron chi connectivity index (χ4n) is 0.500. The highest BCUT2D eigenvalue weighted by atomic mass is 16.6. The molecule has 9 heavy (non-hydrogen) atoms. The second-order valence-electron chi connectivity index (χ2n) is 1.60. The Hall–Kier alpha value is -1.39. The van der Waals surface area contributed by atoms with Crippen LogP contribution in [0.4, 0.5) is 0 Å². The van der Waals surface area contributed by atoms with Crippen LogP contribution in [-0.4, -0.2) is 22.8 Å². The fourth-order valence-corrected chi connectivity index (χ4v) is 0.500. The minimum atomic E-state index is -0.528. The van der Waals surface area contributed by atoms with Crippen LogP contribution in [0, 0.1) is 10.1 Å². The number of hydrazone groups is 1. The first-order valence-electron chi connectivity index (χ1n) is 2.34. The van der Waals surface area contributed by atoms with Crippen molar-refractivity contribution in [2.75, 3.05) is 7.05 Å². The van der Waals surface area contributed by atoms with Crippen LogP contribution in [0.2, 0.25) is 0 Å². The predicted molar refractivity (Wildman–Crippen MR) is 31.0 cm³/mol. The second-order valence-corrected chi connectivity index (χ2v) is 1.60. The van der Waals surface area contributed by atoms with E-state index in [2.05, 4.69) is 5.10 Å². The summed E-state index contributed by atoms with van der Waals surface area (Å²) in [5, 5.41) is 14.9. The molecule has 5 nitrogen and oxygen atoms in total. The average molecular weight is 127 g/mol. The van der Waals surface area contributed by atoms with E-state index in [0.29, 0.717) is 0 Å². The zero-order valence-electron chi connectivity index (χ0n) is 4.81. The molecule has 0 aromatic heterocycles. The molecule has 0 fully saturated rings. The van der Waals surface area contributed by atoms with Gasteiger partial charge in [-0.25, -0.2) is 0 Å². The van der Waals surface area contributed by atoms with E-state index in [9.17, 15) is 10.1 Å². The molecule has 0 amide bonds. The third-order valence-electron chi connectivity index (χ3n) is 0.887. The maximum absolute atomic E-state index is 9.94. The molecule has 0 unspecified atom stereocenters. The van der Waals surface area contributed by atoms with Crippen LogP contribution in [0.3, 0.4) is 0 Å². The van der Waals surface area contributed by atoms with E-state index in [1.165, 1.54) is 17.3 Å². The summed E-state index contributed by atoms with van der Waals surface area (Å²) < 4.78 is 0. The zero-order chi connectivity index (χ0) is 6.85. The van der Waals surface area contributed by atoms with Gasteiger partial charge in [0.05, 0.1) is 13.2 Å². The molecule has 0 aliphatic carbocycles. The van der Waals surface area contributed by atoms with E-state index in [0.717, 1.165) is 0 Å². The molecule has 0 aromatic rings. The molecule has 0 spiro atoms. The highest BCUT2D eigenvalue weighted by molar-refractivity contribution is 5.85. The van der Waals surface area contributed by atoms with Crippen LogP contribution >= 0.6 is 0 Å². The molecule has 1 rings (SSSR count). The van der Waals surface area contributed by atoms with Crippen LogP contribution < -0.4 is 5.10 Å². The molecule has 0 saturated carbocycles. The fraction of sp³-hybridized carbons (Fsp3) is 0.250. The van der Waals surface area contributed by atoms with Gasteiger partial charge >= 0.3 is 5.84 Å². The Labute approximate surface area is 51.4 Å². The Morgan fingerprint density at radius 1 is 1.89 bits per heavy atom. The molecule has 5 heteroatoms. The van der Waals surface area contributed by atoms with E-state index in [-0.39, 0.29) is 5.84 Å². The first kappa shape index (κ1) is 5.74. The lowest BCUT2D eigenvalue weighted by atomic mass is 10.6. The van der Waals surface area contributed by atoms with Gasteiger partial charge in [-0.1, -0.05) is 5.01 Å². The van der Waals surface area contributed by atoms with Crippen LogP contribution in [0.5, 0.6) is 0 Å². The van der Waals surface area contributed by atoms with Crippen molar-refractivity contribution >= 4 is 5.84 Å². The van der Waals surface area contributed by atoms with E-state index in [1.807, 2.05) is 0 Å². The van der Waals surface area contributed by atoms with Crippen molar-refractivity contribution in [3.8, 4) is 0 Å². The molecule has 1 heterocycles. The van der Waals surface area contributed by atoms with Gasteiger partial charge in [0, 0.05) is 0 Å². The van der Waals surface area contributed by atoms with Gasteiger partial charge in [-0.15, -0.1) is 0 Å². The Morgan fingerprint density at radius 2 is 2.56 bits per heavy atom. The number of amidine groups is 1. The SMILES string of the molecule is CN1C=CC([N+](=O)[O-])=[N+]1. The van der Waals surface area contributed by atoms with Gasteiger partial charge in [-0.05, 0) is 0 Å². The lowest BCUT2D eigenvalue weighted by Gasteiger charge is -1.78.